The van der Waals surface area contributed by atoms with E-state index >= 15 is 0 Å². The highest BCUT2D eigenvalue weighted by molar-refractivity contribution is 6.43. The zero-order valence-electron chi connectivity index (χ0n) is 9.63. The van der Waals surface area contributed by atoms with E-state index in [0.717, 1.165) is 0 Å². The summed E-state index contributed by atoms with van der Waals surface area (Å²) in [5, 5.41) is 19.5. The van der Waals surface area contributed by atoms with E-state index in [4.69, 9.17) is 33.0 Å². The Balaban J connectivity index is 3.36. The van der Waals surface area contributed by atoms with Gasteiger partial charge >= 0.3 is 0 Å². The van der Waals surface area contributed by atoms with Crippen LogP contribution in [-0.2, 0) is 0 Å². The summed E-state index contributed by atoms with van der Waals surface area (Å²) in [5.74, 6) is 0.202. The summed E-state index contributed by atoms with van der Waals surface area (Å²) in [6.45, 7) is 3.81. The summed E-state index contributed by atoms with van der Waals surface area (Å²) in [4.78, 5) is 0. The molecule has 17 heavy (non-hydrogen) atoms. The van der Waals surface area contributed by atoms with Crippen LogP contribution in [0.2, 0.25) is 10.0 Å². The van der Waals surface area contributed by atoms with Crippen molar-refractivity contribution in [3.05, 3.63) is 27.2 Å². The molecule has 1 aromatic rings. The van der Waals surface area contributed by atoms with E-state index in [-0.39, 0.29) is 23.1 Å². The van der Waals surface area contributed by atoms with Gasteiger partial charge in [-0.05, 0) is 25.5 Å². The maximum atomic E-state index is 9.98. The van der Waals surface area contributed by atoms with Crippen molar-refractivity contribution in [3.8, 4) is 11.5 Å². The molecule has 1 aromatic carbocycles. The quantitative estimate of drug-likeness (QED) is 0.885. The molecule has 0 bridgehead atoms. The third-order valence-corrected chi connectivity index (χ3v) is 2.93. The average Bonchev–Trinajstić information content (AvgIpc) is 2.31. The van der Waals surface area contributed by atoms with Gasteiger partial charge in [0.1, 0.15) is 0 Å². The number of aliphatic hydroxyl groups is 1. The topological polar surface area (TPSA) is 49.7 Å². The van der Waals surface area contributed by atoms with Crippen molar-refractivity contribution in [1.82, 2.24) is 0 Å². The van der Waals surface area contributed by atoms with Crippen LogP contribution in [0, 0.1) is 0 Å². The summed E-state index contributed by atoms with van der Waals surface area (Å²) in [6.07, 6.45) is 1.58. The molecule has 0 aromatic heterocycles. The lowest BCUT2D eigenvalue weighted by atomic mass is 10.1. The molecule has 0 radical (unpaired) electrons. The van der Waals surface area contributed by atoms with E-state index in [0.29, 0.717) is 22.8 Å². The van der Waals surface area contributed by atoms with Crippen LogP contribution in [0.1, 0.15) is 19.4 Å². The Labute approximate surface area is 110 Å². The Morgan fingerprint density at radius 1 is 1.47 bits per heavy atom. The van der Waals surface area contributed by atoms with Crippen molar-refractivity contribution in [3.63, 3.8) is 0 Å². The zero-order chi connectivity index (χ0) is 13.0. The van der Waals surface area contributed by atoms with Crippen LogP contribution in [0.15, 0.2) is 11.6 Å². The first-order valence-electron chi connectivity index (χ1n) is 5.13. The Morgan fingerprint density at radius 2 is 2.12 bits per heavy atom. The van der Waals surface area contributed by atoms with Gasteiger partial charge in [-0.15, -0.1) is 0 Å². The van der Waals surface area contributed by atoms with Gasteiger partial charge in [-0.1, -0.05) is 23.2 Å². The van der Waals surface area contributed by atoms with Gasteiger partial charge < -0.3 is 14.9 Å². The lowest BCUT2D eigenvalue weighted by Crippen LogP contribution is -1.94. The predicted molar refractivity (Wildman–Crippen MR) is 70.0 cm³/mol. The number of hydrogen-bond donors (Lipinski definition) is 2. The molecule has 94 valence electrons. The minimum absolute atomic E-state index is 0.0750. The maximum Gasteiger partial charge on any atom is 0.166 e. The highest BCUT2D eigenvalue weighted by Crippen LogP contribution is 2.41. The van der Waals surface area contributed by atoms with Crippen molar-refractivity contribution in [1.29, 1.82) is 0 Å². The van der Waals surface area contributed by atoms with Crippen LogP contribution in [0.4, 0.5) is 0 Å². The first kappa shape index (κ1) is 14.2. The maximum absolute atomic E-state index is 9.98. The molecule has 0 saturated heterocycles. The van der Waals surface area contributed by atoms with Gasteiger partial charge in [-0.2, -0.15) is 0 Å². The lowest BCUT2D eigenvalue weighted by molar-refractivity contribution is 0.317. The Bertz CT molecular complexity index is 442. The third kappa shape index (κ3) is 3.28. The van der Waals surface area contributed by atoms with Crippen molar-refractivity contribution < 1.29 is 14.9 Å². The minimum atomic E-state index is -0.119. The fraction of sp³-hybridized carbons (Fsp3) is 0.333. The highest BCUT2D eigenvalue weighted by atomic mass is 35.5. The summed E-state index contributed by atoms with van der Waals surface area (Å²) >= 11 is 11.9. The number of rotatable bonds is 4. The fourth-order valence-corrected chi connectivity index (χ4v) is 1.70. The number of phenolic OH excluding ortho intramolecular Hbond substituents is 1. The van der Waals surface area contributed by atoms with Crippen LogP contribution in [0.5, 0.6) is 11.5 Å². The second-order valence-corrected chi connectivity index (χ2v) is 4.30. The van der Waals surface area contributed by atoms with Crippen molar-refractivity contribution in [2.45, 2.75) is 13.8 Å². The van der Waals surface area contributed by atoms with E-state index in [9.17, 15) is 5.11 Å². The molecule has 0 amide bonds. The average molecular weight is 277 g/mol. The molecule has 1 rings (SSSR count). The van der Waals surface area contributed by atoms with Crippen LogP contribution in [0.25, 0.3) is 6.08 Å². The standard InChI is InChI=1S/C12H14Cl2O3/c1-3-17-10-5-9(13)11(14)8(12(10)16)4-7(2)6-15/h4-5,15-16H,3,6H2,1-2H3/b7-4+. The molecular weight excluding hydrogens is 263 g/mol. The minimum Gasteiger partial charge on any atom is -0.504 e. The number of ether oxygens (including phenoxy) is 1. The number of benzene rings is 1. The summed E-state index contributed by atoms with van der Waals surface area (Å²) < 4.78 is 5.24. The number of halogens is 2. The van der Waals surface area contributed by atoms with E-state index in [2.05, 4.69) is 0 Å². The summed E-state index contributed by atoms with van der Waals surface area (Å²) in [7, 11) is 0. The van der Waals surface area contributed by atoms with Crippen molar-refractivity contribution in [2.75, 3.05) is 13.2 Å². The molecule has 0 heterocycles. The summed E-state index contributed by atoms with van der Waals surface area (Å²) in [5.41, 5.74) is 1.01. The van der Waals surface area contributed by atoms with Gasteiger partial charge in [0, 0.05) is 11.6 Å². The first-order valence-corrected chi connectivity index (χ1v) is 5.88. The normalized spacial score (nSPS) is 11.7. The molecule has 0 aliphatic heterocycles. The number of aliphatic hydroxyl groups excluding tert-OH is 1. The third-order valence-electron chi connectivity index (χ3n) is 2.13. The van der Waals surface area contributed by atoms with E-state index in [1.165, 1.54) is 6.07 Å². The number of phenols is 1. The monoisotopic (exact) mass is 276 g/mol. The van der Waals surface area contributed by atoms with Crippen molar-refractivity contribution in [2.24, 2.45) is 0 Å². The molecule has 0 aliphatic carbocycles. The van der Waals surface area contributed by atoms with Crippen LogP contribution in [-0.4, -0.2) is 23.4 Å². The van der Waals surface area contributed by atoms with Gasteiger partial charge in [0.15, 0.2) is 11.5 Å². The highest BCUT2D eigenvalue weighted by Gasteiger charge is 2.15. The Hall–Kier alpha value is -0.900. The molecule has 0 aliphatic rings. The first-order chi connectivity index (χ1) is 8.01. The summed E-state index contributed by atoms with van der Waals surface area (Å²) in [6, 6.07) is 1.47. The molecule has 5 heteroatoms. The fourth-order valence-electron chi connectivity index (χ4n) is 1.30. The van der Waals surface area contributed by atoms with Gasteiger partial charge in [0.25, 0.3) is 0 Å². The largest absolute Gasteiger partial charge is 0.504 e. The van der Waals surface area contributed by atoms with Crippen molar-refractivity contribution >= 4 is 29.3 Å². The molecule has 2 N–H and O–H groups in total. The molecule has 0 fully saturated rings. The number of aromatic hydroxyl groups is 1. The second kappa shape index (κ2) is 6.15. The van der Waals surface area contributed by atoms with Gasteiger partial charge in [0.05, 0.1) is 23.3 Å². The SMILES string of the molecule is CCOc1cc(Cl)c(Cl)c(/C=C(\C)CO)c1O. The molecule has 0 atom stereocenters. The Morgan fingerprint density at radius 3 is 2.65 bits per heavy atom. The molecule has 3 nitrogen and oxygen atoms in total. The van der Waals surface area contributed by atoms with E-state index < -0.39 is 0 Å². The second-order valence-electron chi connectivity index (χ2n) is 3.51. The number of hydrogen-bond acceptors (Lipinski definition) is 3. The molecule has 0 unspecified atom stereocenters. The van der Waals surface area contributed by atoms with E-state index in [1.807, 2.05) is 0 Å². The van der Waals surface area contributed by atoms with Crippen LogP contribution >= 0.6 is 23.2 Å². The predicted octanol–water partition coefficient (Wildman–Crippen LogP) is 3.49. The molecule has 0 spiro atoms. The molecular formula is C12H14Cl2O3. The smallest absolute Gasteiger partial charge is 0.166 e. The lowest BCUT2D eigenvalue weighted by Gasteiger charge is -2.11. The van der Waals surface area contributed by atoms with Gasteiger partial charge in [-0.3, -0.25) is 0 Å². The van der Waals surface area contributed by atoms with Gasteiger partial charge in [0.2, 0.25) is 0 Å². The zero-order valence-corrected chi connectivity index (χ0v) is 11.1. The van der Waals surface area contributed by atoms with Crippen LogP contribution in [0.3, 0.4) is 0 Å². The molecule has 0 saturated carbocycles. The van der Waals surface area contributed by atoms with E-state index in [1.54, 1.807) is 19.9 Å². The van der Waals surface area contributed by atoms with Crippen LogP contribution < -0.4 is 4.74 Å². The Kier molecular flexibility index (Phi) is 5.12. The van der Waals surface area contributed by atoms with Gasteiger partial charge in [-0.25, -0.2) is 0 Å².